The van der Waals surface area contributed by atoms with Crippen LogP contribution >= 0.6 is 27.7 Å². The number of para-hydroxylation sites is 1. The molecule has 41 heavy (non-hydrogen) atoms. The number of thioether (sulfide) groups is 1. The first-order valence-corrected chi connectivity index (χ1v) is 14.6. The number of amides is 3. The minimum absolute atomic E-state index is 0.0777. The molecule has 4 rings (SSSR count). The quantitative estimate of drug-likeness (QED) is 0.123. The van der Waals surface area contributed by atoms with Gasteiger partial charge in [0.15, 0.2) is 0 Å². The van der Waals surface area contributed by atoms with Crippen LogP contribution in [0.15, 0.2) is 118 Å². The number of rotatable bonds is 11. The van der Waals surface area contributed by atoms with E-state index >= 15 is 0 Å². The Morgan fingerprint density at radius 3 is 2.32 bits per heavy atom. The van der Waals surface area contributed by atoms with Crippen molar-refractivity contribution in [2.75, 3.05) is 23.0 Å². The molecular weight excluding hydrogens is 602 g/mol. The number of ether oxygens (including phenoxy) is 1. The van der Waals surface area contributed by atoms with Gasteiger partial charge in [-0.3, -0.25) is 14.4 Å². The second kappa shape index (κ2) is 14.9. The lowest BCUT2D eigenvalue weighted by atomic mass is 10.1. The predicted octanol–water partition coefficient (Wildman–Crippen LogP) is 6.99. The van der Waals surface area contributed by atoms with Gasteiger partial charge in [-0.05, 0) is 89.1 Å². The van der Waals surface area contributed by atoms with Crippen molar-refractivity contribution in [3.05, 3.63) is 124 Å². The Morgan fingerprint density at radius 2 is 1.59 bits per heavy atom. The van der Waals surface area contributed by atoms with Crippen LogP contribution in [-0.2, 0) is 9.59 Å². The van der Waals surface area contributed by atoms with Crippen molar-refractivity contribution in [3.8, 4) is 5.75 Å². The highest BCUT2D eigenvalue weighted by atomic mass is 79.9. The van der Waals surface area contributed by atoms with Crippen LogP contribution in [0.1, 0.15) is 22.8 Å². The van der Waals surface area contributed by atoms with Crippen LogP contribution in [0.3, 0.4) is 0 Å². The third-order valence-electron chi connectivity index (χ3n) is 5.64. The third kappa shape index (κ3) is 9.09. The largest absolute Gasteiger partial charge is 0.494 e. The molecule has 0 aliphatic carbocycles. The topological polar surface area (TPSA) is 96.5 Å². The summed E-state index contributed by atoms with van der Waals surface area (Å²) >= 11 is 4.77. The minimum atomic E-state index is -0.489. The van der Waals surface area contributed by atoms with E-state index in [9.17, 15) is 14.4 Å². The molecule has 0 radical (unpaired) electrons. The number of nitrogens with one attached hydrogen (secondary N) is 3. The highest BCUT2D eigenvalue weighted by molar-refractivity contribution is 9.10. The van der Waals surface area contributed by atoms with Gasteiger partial charge in [-0.2, -0.15) is 0 Å². The van der Waals surface area contributed by atoms with Crippen molar-refractivity contribution in [1.29, 1.82) is 0 Å². The van der Waals surface area contributed by atoms with E-state index in [1.165, 1.54) is 11.8 Å². The van der Waals surface area contributed by atoms with E-state index < -0.39 is 11.8 Å². The van der Waals surface area contributed by atoms with Crippen LogP contribution in [-0.4, -0.2) is 30.1 Å². The fourth-order valence-corrected chi connectivity index (χ4v) is 4.83. The van der Waals surface area contributed by atoms with Crippen molar-refractivity contribution < 1.29 is 19.1 Å². The summed E-state index contributed by atoms with van der Waals surface area (Å²) in [5, 5.41) is 8.48. The van der Waals surface area contributed by atoms with E-state index in [2.05, 4.69) is 31.9 Å². The van der Waals surface area contributed by atoms with Crippen molar-refractivity contribution in [2.45, 2.75) is 11.8 Å². The average molecular weight is 631 g/mol. The van der Waals surface area contributed by atoms with E-state index in [0.717, 1.165) is 9.37 Å². The molecule has 0 aliphatic rings. The molecule has 0 saturated carbocycles. The smallest absolute Gasteiger partial charge is 0.272 e. The lowest BCUT2D eigenvalue weighted by molar-refractivity contribution is -0.114. The van der Waals surface area contributed by atoms with Gasteiger partial charge in [0, 0.05) is 20.6 Å². The Hall–Kier alpha value is -4.34. The molecule has 3 N–H and O–H groups in total. The summed E-state index contributed by atoms with van der Waals surface area (Å²) in [6.07, 6.45) is 1.61. The number of benzene rings is 4. The first kappa shape index (κ1) is 29.6. The van der Waals surface area contributed by atoms with Crippen LogP contribution in [0, 0.1) is 0 Å². The maximum atomic E-state index is 13.4. The van der Waals surface area contributed by atoms with E-state index in [1.807, 2.05) is 55.5 Å². The van der Waals surface area contributed by atoms with Crippen LogP contribution in [0.25, 0.3) is 6.08 Å². The molecule has 0 bridgehead atoms. The molecule has 7 nitrogen and oxygen atoms in total. The van der Waals surface area contributed by atoms with Gasteiger partial charge in [-0.1, -0.05) is 48.5 Å². The molecule has 4 aromatic rings. The fraction of sp³-hybridized carbons (Fsp3) is 0.0938. The van der Waals surface area contributed by atoms with Gasteiger partial charge in [-0.25, -0.2) is 0 Å². The summed E-state index contributed by atoms with van der Waals surface area (Å²) in [6.45, 7) is 2.45. The Kier molecular flexibility index (Phi) is 10.8. The van der Waals surface area contributed by atoms with E-state index in [0.29, 0.717) is 34.9 Å². The summed E-state index contributed by atoms with van der Waals surface area (Å²) < 4.78 is 6.30. The maximum Gasteiger partial charge on any atom is 0.272 e. The van der Waals surface area contributed by atoms with Crippen molar-refractivity contribution in [2.24, 2.45) is 0 Å². The zero-order valence-electron chi connectivity index (χ0n) is 22.2. The summed E-state index contributed by atoms with van der Waals surface area (Å²) in [5.41, 5.74) is 2.44. The molecule has 0 saturated heterocycles. The van der Waals surface area contributed by atoms with Gasteiger partial charge in [0.2, 0.25) is 5.91 Å². The lowest BCUT2D eigenvalue weighted by Crippen LogP contribution is -2.30. The lowest BCUT2D eigenvalue weighted by Gasteiger charge is -2.12. The normalized spacial score (nSPS) is 10.9. The number of hydrogen-bond donors (Lipinski definition) is 3. The molecule has 0 fully saturated rings. The molecule has 0 aromatic heterocycles. The van der Waals surface area contributed by atoms with Crippen LogP contribution in [0.2, 0.25) is 0 Å². The van der Waals surface area contributed by atoms with E-state index in [1.54, 1.807) is 60.7 Å². The van der Waals surface area contributed by atoms with Gasteiger partial charge < -0.3 is 20.7 Å². The number of carbonyl (C=O) groups excluding carboxylic acids is 3. The number of anilines is 2. The minimum Gasteiger partial charge on any atom is -0.494 e. The summed E-state index contributed by atoms with van der Waals surface area (Å²) in [4.78, 5) is 39.5. The van der Waals surface area contributed by atoms with E-state index in [-0.39, 0.29) is 17.4 Å². The average Bonchev–Trinajstić information content (AvgIpc) is 2.98. The van der Waals surface area contributed by atoms with Gasteiger partial charge in [0.05, 0.1) is 18.0 Å². The Labute approximate surface area is 251 Å². The Bertz CT molecular complexity index is 1540. The van der Waals surface area contributed by atoms with Crippen molar-refractivity contribution >= 4 is 62.9 Å². The highest BCUT2D eigenvalue weighted by Gasteiger charge is 2.16. The highest BCUT2D eigenvalue weighted by Crippen LogP contribution is 2.25. The molecular formula is C32H28BrN3O4S. The molecule has 0 unspecified atom stereocenters. The van der Waals surface area contributed by atoms with Gasteiger partial charge in [-0.15, -0.1) is 11.8 Å². The molecule has 208 valence electrons. The van der Waals surface area contributed by atoms with Crippen LogP contribution in [0.5, 0.6) is 5.75 Å². The maximum absolute atomic E-state index is 13.4. The van der Waals surface area contributed by atoms with Gasteiger partial charge >= 0.3 is 0 Å². The molecule has 4 aromatic carbocycles. The zero-order chi connectivity index (χ0) is 29.0. The molecule has 3 amide bonds. The van der Waals surface area contributed by atoms with Crippen LogP contribution < -0.4 is 20.7 Å². The number of hydrogen-bond acceptors (Lipinski definition) is 5. The standard InChI is InChI=1S/C32H28BrN3O4S/c1-2-40-25-17-15-22(16-18-25)19-29(36-31(38)23-9-4-3-5-10-23)32(39)34-24-11-8-12-26(20-24)41-21-30(37)35-28-14-7-6-13-27(28)33/h3-20H,2,21H2,1H3,(H,34,39)(H,35,37)(H,36,38)/b29-19+. The second-order valence-electron chi connectivity index (χ2n) is 8.68. The van der Waals surface area contributed by atoms with Gasteiger partial charge in [0.1, 0.15) is 11.4 Å². The predicted molar refractivity (Wildman–Crippen MR) is 168 cm³/mol. The van der Waals surface area contributed by atoms with Crippen molar-refractivity contribution in [3.63, 3.8) is 0 Å². The summed E-state index contributed by atoms with van der Waals surface area (Å²) in [5.74, 6) is -0.145. The molecule has 0 spiro atoms. The first-order valence-electron chi connectivity index (χ1n) is 12.8. The Balaban J connectivity index is 1.46. The third-order valence-corrected chi connectivity index (χ3v) is 7.33. The summed E-state index contributed by atoms with van der Waals surface area (Å²) in [6, 6.07) is 30.5. The SMILES string of the molecule is CCOc1ccc(/C=C(/NC(=O)c2ccccc2)C(=O)Nc2cccc(SCC(=O)Nc3ccccc3Br)c2)cc1. The molecule has 0 atom stereocenters. The van der Waals surface area contributed by atoms with Crippen LogP contribution in [0.4, 0.5) is 11.4 Å². The summed E-state index contributed by atoms with van der Waals surface area (Å²) in [7, 11) is 0. The second-order valence-corrected chi connectivity index (χ2v) is 10.6. The molecule has 9 heteroatoms. The number of carbonyl (C=O) groups is 3. The molecule has 0 aliphatic heterocycles. The molecule has 0 heterocycles. The van der Waals surface area contributed by atoms with Crippen molar-refractivity contribution in [1.82, 2.24) is 5.32 Å². The fourth-order valence-electron chi connectivity index (χ4n) is 3.70. The monoisotopic (exact) mass is 629 g/mol. The Morgan fingerprint density at radius 1 is 0.854 bits per heavy atom. The zero-order valence-corrected chi connectivity index (χ0v) is 24.6. The van der Waals surface area contributed by atoms with Gasteiger partial charge in [0.25, 0.3) is 11.8 Å². The first-order chi connectivity index (χ1) is 19.9. The number of halogens is 1. The van der Waals surface area contributed by atoms with E-state index in [4.69, 9.17) is 4.74 Å².